The highest BCUT2D eigenvalue weighted by molar-refractivity contribution is 9.10. The summed E-state index contributed by atoms with van der Waals surface area (Å²) in [6.07, 6.45) is 0.817. The minimum absolute atomic E-state index is 0.249. The first-order valence-electron chi connectivity index (χ1n) is 3.82. The zero-order chi connectivity index (χ0) is 9.84. The van der Waals surface area contributed by atoms with Crippen LogP contribution < -0.4 is 0 Å². The number of aryl methyl sites for hydroxylation is 2. The molecule has 0 amide bonds. The van der Waals surface area contributed by atoms with E-state index in [1.807, 2.05) is 6.92 Å². The van der Waals surface area contributed by atoms with Crippen LogP contribution in [0.15, 0.2) is 9.00 Å². The summed E-state index contributed by atoms with van der Waals surface area (Å²) in [4.78, 5) is 10.8. The highest BCUT2D eigenvalue weighted by atomic mass is 79.9. The van der Waals surface area contributed by atoms with Crippen molar-refractivity contribution in [2.45, 2.75) is 19.8 Å². The third kappa shape index (κ3) is 2.55. The number of esters is 1. The summed E-state index contributed by atoms with van der Waals surface area (Å²) < 4.78 is 10.3. The van der Waals surface area contributed by atoms with E-state index in [1.165, 1.54) is 7.11 Å². The highest BCUT2D eigenvalue weighted by Gasteiger charge is 2.11. The van der Waals surface area contributed by atoms with Gasteiger partial charge in [0.05, 0.1) is 23.7 Å². The molecule has 0 aromatic carbocycles. The number of ether oxygens (including phenoxy) is 1. The Balaban J connectivity index is 2.55. The van der Waals surface area contributed by atoms with Gasteiger partial charge in [-0.25, -0.2) is 0 Å². The summed E-state index contributed by atoms with van der Waals surface area (Å²) in [5, 5.41) is 3.75. The molecule has 1 heterocycles. The molecule has 0 aliphatic carbocycles. The molecule has 1 aromatic rings. The van der Waals surface area contributed by atoms with E-state index in [2.05, 4.69) is 25.8 Å². The van der Waals surface area contributed by atoms with Gasteiger partial charge in [0.25, 0.3) is 0 Å². The Morgan fingerprint density at radius 3 is 2.85 bits per heavy atom. The molecule has 0 atom stereocenters. The van der Waals surface area contributed by atoms with Crippen molar-refractivity contribution < 1.29 is 14.1 Å². The maximum absolute atomic E-state index is 10.8. The molecule has 0 saturated carbocycles. The number of rotatable bonds is 3. The summed E-state index contributed by atoms with van der Waals surface area (Å²) in [6.45, 7) is 1.83. The molecule has 4 nitrogen and oxygen atoms in total. The molecule has 0 radical (unpaired) electrons. The van der Waals surface area contributed by atoms with Crippen LogP contribution in [0.2, 0.25) is 0 Å². The van der Waals surface area contributed by atoms with E-state index in [0.29, 0.717) is 18.6 Å². The quantitative estimate of drug-likeness (QED) is 0.766. The second-order valence-corrected chi connectivity index (χ2v) is 3.37. The number of hydrogen-bond donors (Lipinski definition) is 0. The van der Waals surface area contributed by atoms with E-state index in [-0.39, 0.29) is 5.97 Å². The van der Waals surface area contributed by atoms with Gasteiger partial charge in [0.2, 0.25) is 0 Å². The summed E-state index contributed by atoms with van der Waals surface area (Å²) in [5.74, 6) is 0.434. The van der Waals surface area contributed by atoms with Gasteiger partial charge in [0.15, 0.2) is 5.76 Å². The summed E-state index contributed by atoms with van der Waals surface area (Å²) in [5.41, 5.74) is 0.792. The molecular weight excluding hydrogens is 238 g/mol. The van der Waals surface area contributed by atoms with E-state index in [1.54, 1.807) is 0 Å². The number of hydrogen-bond acceptors (Lipinski definition) is 4. The van der Waals surface area contributed by atoms with Crippen LogP contribution >= 0.6 is 15.9 Å². The number of carbonyl (C=O) groups is 1. The van der Waals surface area contributed by atoms with Crippen LogP contribution in [0.5, 0.6) is 0 Å². The lowest BCUT2D eigenvalue weighted by molar-refractivity contribution is -0.140. The smallest absolute Gasteiger partial charge is 0.305 e. The number of halogens is 1. The SMILES string of the molecule is COC(=O)CCc1onc(C)c1Br. The molecule has 5 heteroatoms. The lowest BCUT2D eigenvalue weighted by Gasteiger charge is -1.95. The molecule has 0 fully saturated rings. The number of methoxy groups -OCH3 is 1. The van der Waals surface area contributed by atoms with Crippen LogP contribution in [-0.4, -0.2) is 18.2 Å². The highest BCUT2D eigenvalue weighted by Crippen LogP contribution is 2.21. The maximum atomic E-state index is 10.8. The second kappa shape index (κ2) is 4.41. The Hall–Kier alpha value is -0.840. The Kier molecular flexibility index (Phi) is 3.48. The zero-order valence-corrected chi connectivity index (χ0v) is 9.05. The van der Waals surface area contributed by atoms with Gasteiger partial charge in [-0.2, -0.15) is 0 Å². The molecule has 72 valence electrons. The Morgan fingerprint density at radius 2 is 2.38 bits per heavy atom. The van der Waals surface area contributed by atoms with Gasteiger partial charge >= 0.3 is 5.97 Å². The molecule has 0 spiro atoms. The first-order chi connectivity index (χ1) is 6.15. The van der Waals surface area contributed by atoms with E-state index < -0.39 is 0 Å². The first-order valence-corrected chi connectivity index (χ1v) is 4.62. The number of carbonyl (C=O) groups excluding carboxylic acids is 1. The standard InChI is InChI=1S/C8H10BrNO3/c1-5-8(9)6(13-10-5)3-4-7(11)12-2/h3-4H2,1-2H3. The molecule has 1 aromatic heterocycles. The molecule has 1 rings (SSSR count). The molecular formula is C8H10BrNO3. The maximum Gasteiger partial charge on any atom is 0.305 e. The Morgan fingerprint density at radius 1 is 1.69 bits per heavy atom. The predicted molar refractivity (Wildman–Crippen MR) is 49.3 cm³/mol. The van der Waals surface area contributed by atoms with Crippen LogP contribution in [-0.2, 0) is 16.0 Å². The fourth-order valence-electron chi connectivity index (χ4n) is 0.879. The summed E-state index contributed by atoms with van der Waals surface area (Å²) >= 11 is 3.31. The van der Waals surface area contributed by atoms with Gasteiger partial charge in [-0.05, 0) is 22.9 Å². The number of aromatic nitrogens is 1. The van der Waals surface area contributed by atoms with Crippen LogP contribution in [0.4, 0.5) is 0 Å². The lowest BCUT2D eigenvalue weighted by Crippen LogP contribution is -2.01. The topological polar surface area (TPSA) is 52.3 Å². The third-order valence-electron chi connectivity index (χ3n) is 1.64. The Bertz CT molecular complexity index is 308. The van der Waals surface area contributed by atoms with Gasteiger partial charge in [0.1, 0.15) is 0 Å². The fourth-order valence-corrected chi connectivity index (χ4v) is 1.22. The van der Waals surface area contributed by atoms with Gasteiger partial charge in [-0.15, -0.1) is 0 Å². The van der Waals surface area contributed by atoms with E-state index >= 15 is 0 Å². The van der Waals surface area contributed by atoms with Gasteiger partial charge in [-0.3, -0.25) is 4.79 Å². The monoisotopic (exact) mass is 247 g/mol. The third-order valence-corrected chi connectivity index (χ3v) is 2.66. The molecule has 0 N–H and O–H groups in total. The summed E-state index contributed by atoms with van der Waals surface area (Å²) in [6, 6.07) is 0. The number of nitrogens with zero attached hydrogens (tertiary/aromatic N) is 1. The molecule has 0 aliphatic heterocycles. The van der Waals surface area contributed by atoms with E-state index in [9.17, 15) is 4.79 Å². The van der Waals surface area contributed by atoms with Crippen molar-refractivity contribution in [3.05, 3.63) is 15.9 Å². The minimum atomic E-state index is -0.249. The summed E-state index contributed by atoms with van der Waals surface area (Å²) in [7, 11) is 1.36. The molecule has 0 unspecified atom stereocenters. The van der Waals surface area contributed by atoms with E-state index in [4.69, 9.17) is 4.52 Å². The second-order valence-electron chi connectivity index (χ2n) is 2.58. The van der Waals surface area contributed by atoms with Crippen molar-refractivity contribution >= 4 is 21.9 Å². The average Bonchev–Trinajstić information content (AvgIpc) is 2.44. The zero-order valence-electron chi connectivity index (χ0n) is 7.46. The Labute approximate surface area is 84.4 Å². The van der Waals surface area contributed by atoms with Crippen molar-refractivity contribution in [2.24, 2.45) is 0 Å². The minimum Gasteiger partial charge on any atom is -0.469 e. The predicted octanol–water partition coefficient (Wildman–Crippen LogP) is 1.85. The molecule has 0 saturated heterocycles. The van der Waals surface area contributed by atoms with Gasteiger partial charge in [-0.1, -0.05) is 5.16 Å². The largest absolute Gasteiger partial charge is 0.469 e. The van der Waals surface area contributed by atoms with Crippen molar-refractivity contribution in [3.8, 4) is 0 Å². The van der Waals surface area contributed by atoms with Gasteiger partial charge in [0, 0.05) is 6.42 Å². The lowest BCUT2D eigenvalue weighted by atomic mass is 10.2. The fraction of sp³-hybridized carbons (Fsp3) is 0.500. The van der Waals surface area contributed by atoms with Crippen molar-refractivity contribution in [1.29, 1.82) is 0 Å². The van der Waals surface area contributed by atoms with E-state index in [0.717, 1.165) is 10.2 Å². The normalized spacial score (nSPS) is 10.1. The van der Waals surface area contributed by atoms with Crippen LogP contribution in [0, 0.1) is 6.92 Å². The van der Waals surface area contributed by atoms with Crippen LogP contribution in [0.25, 0.3) is 0 Å². The van der Waals surface area contributed by atoms with Crippen molar-refractivity contribution in [2.75, 3.05) is 7.11 Å². The molecule has 0 aliphatic rings. The van der Waals surface area contributed by atoms with Crippen LogP contribution in [0.3, 0.4) is 0 Å². The molecule has 0 bridgehead atoms. The average molecular weight is 248 g/mol. The van der Waals surface area contributed by atoms with Gasteiger partial charge < -0.3 is 9.26 Å². The van der Waals surface area contributed by atoms with Crippen LogP contribution in [0.1, 0.15) is 17.9 Å². The molecule has 13 heavy (non-hydrogen) atoms. The first kappa shape index (κ1) is 10.2. The van der Waals surface area contributed by atoms with Crippen molar-refractivity contribution in [3.63, 3.8) is 0 Å². The van der Waals surface area contributed by atoms with Crippen molar-refractivity contribution in [1.82, 2.24) is 5.16 Å².